The lowest BCUT2D eigenvalue weighted by Crippen LogP contribution is -2.12. The topological polar surface area (TPSA) is 30.8 Å². The maximum atomic E-state index is 5.78. The van der Waals surface area contributed by atoms with E-state index in [2.05, 4.69) is 32.6 Å². The Morgan fingerprint density at radius 1 is 1.39 bits per heavy atom. The fourth-order valence-electron chi connectivity index (χ4n) is 5.44. The number of hydrogen-bond acceptors (Lipinski definition) is 3. The third kappa shape index (κ3) is 4.72. The molecule has 0 aromatic rings. The summed E-state index contributed by atoms with van der Waals surface area (Å²) in [6.45, 7) is 9.40. The molecule has 4 rings (SSSR count). The van der Waals surface area contributed by atoms with Crippen LogP contribution in [0, 0.1) is 35.0 Å². The van der Waals surface area contributed by atoms with Crippen molar-refractivity contribution in [1.82, 2.24) is 0 Å². The van der Waals surface area contributed by atoms with Crippen LogP contribution in [0.3, 0.4) is 0 Å². The molecule has 2 unspecified atom stereocenters. The van der Waals surface area contributed by atoms with E-state index >= 15 is 0 Å². The van der Waals surface area contributed by atoms with E-state index in [1.54, 1.807) is 0 Å². The lowest BCUT2D eigenvalue weighted by molar-refractivity contribution is 0.0898. The van der Waals surface area contributed by atoms with E-state index in [0.717, 1.165) is 42.6 Å². The molecule has 156 valence electrons. The van der Waals surface area contributed by atoms with Crippen LogP contribution in [0.5, 0.6) is 0 Å². The average Bonchev–Trinajstić information content (AvgIpc) is 3.63. The summed E-state index contributed by atoms with van der Waals surface area (Å²) in [4.78, 5) is 4.75. The minimum Gasteiger partial charge on any atom is -0.478 e. The first-order valence-corrected chi connectivity index (χ1v) is 11.5. The van der Waals surface area contributed by atoms with Crippen LogP contribution in [0.15, 0.2) is 29.8 Å². The average molecular weight is 386 g/mol. The van der Waals surface area contributed by atoms with Crippen LogP contribution in [0.25, 0.3) is 0 Å². The Labute approximate surface area is 171 Å². The van der Waals surface area contributed by atoms with Crippen LogP contribution >= 0.6 is 0 Å². The fraction of sp³-hybridized carbons (Fsp3) is 0.800. The molecule has 0 amide bonds. The third-order valence-electron chi connectivity index (χ3n) is 7.90. The first-order chi connectivity index (χ1) is 13.5. The fourth-order valence-corrected chi connectivity index (χ4v) is 5.44. The molecule has 0 N–H and O–H groups in total. The summed E-state index contributed by atoms with van der Waals surface area (Å²) in [5.74, 6) is 5.36. The van der Waals surface area contributed by atoms with Gasteiger partial charge in [-0.25, -0.2) is 4.99 Å². The number of allylic oxidation sites excluding steroid dienone is 1. The highest BCUT2D eigenvalue weighted by molar-refractivity contribution is 5.83. The van der Waals surface area contributed by atoms with Gasteiger partial charge < -0.3 is 9.47 Å². The van der Waals surface area contributed by atoms with Gasteiger partial charge >= 0.3 is 0 Å². The maximum Gasteiger partial charge on any atom is 0.187 e. The summed E-state index contributed by atoms with van der Waals surface area (Å²) in [7, 11) is 1.83. The van der Waals surface area contributed by atoms with Crippen molar-refractivity contribution in [1.29, 1.82) is 0 Å². The predicted molar refractivity (Wildman–Crippen MR) is 115 cm³/mol. The number of aliphatic imine (C=N–C) groups is 1. The van der Waals surface area contributed by atoms with Crippen molar-refractivity contribution >= 4 is 5.90 Å². The first-order valence-electron chi connectivity index (χ1n) is 11.5. The van der Waals surface area contributed by atoms with Crippen LogP contribution in [0.1, 0.15) is 65.2 Å². The van der Waals surface area contributed by atoms with Gasteiger partial charge in [-0.1, -0.05) is 32.1 Å². The minimum absolute atomic E-state index is 0.272. The monoisotopic (exact) mass is 385 g/mol. The number of rotatable bonds is 12. The quantitative estimate of drug-likeness (QED) is 0.397. The van der Waals surface area contributed by atoms with Crippen LogP contribution in [-0.2, 0) is 9.47 Å². The van der Waals surface area contributed by atoms with Gasteiger partial charge in [-0.05, 0) is 80.5 Å². The molecule has 3 saturated carbocycles. The Balaban J connectivity index is 1.12. The van der Waals surface area contributed by atoms with Gasteiger partial charge in [0.2, 0.25) is 0 Å². The number of hydrogen-bond donors (Lipinski definition) is 0. The third-order valence-corrected chi connectivity index (χ3v) is 7.90. The normalized spacial score (nSPS) is 42.2. The molecule has 3 fully saturated rings. The Hall–Kier alpha value is -1.09. The SMILES string of the molecule is C=CC[C@@H](CC[C@]1(C)C[C@H]1[C@H]1C[C@H]1CC/C=C\[C@@H]1COC(C2CC2C)=N1)OC. The van der Waals surface area contributed by atoms with Gasteiger partial charge in [0.1, 0.15) is 12.6 Å². The summed E-state index contributed by atoms with van der Waals surface area (Å²) in [6.07, 6.45) is 17.2. The first kappa shape index (κ1) is 20.2. The highest BCUT2D eigenvalue weighted by atomic mass is 16.5. The van der Waals surface area contributed by atoms with Gasteiger partial charge in [-0.3, -0.25) is 0 Å². The van der Waals surface area contributed by atoms with E-state index in [-0.39, 0.29) is 6.04 Å². The lowest BCUT2D eigenvalue weighted by atomic mass is 9.94. The number of ether oxygens (including phenoxy) is 2. The van der Waals surface area contributed by atoms with E-state index in [9.17, 15) is 0 Å². The van der Waals surface area contributed by atoms with Gasteiger partial charge in [-0.2, -0.15) is 0 Å². The van der Waals surface area contributed by atoms with Gasteiger partial charge in [0.15, 0.2) is 5.90 Å². The summed E-state index contributed by atoms with van der Waals surface area (Å²) in [6, 6.07) is 0.272. The molecule has 0 saturated heterocycles. The maximum absolute atomic E-state index is 5.78. The summed E-state index contributed by atoms with van der Waals surface area (Å²) in [5, 5.41) is 0. The molecule has 0 bridgehead atoms. The summed E-state index contributed by atoms with van der Waals surface area (Å²) >= 11 is 0. The van der Waals surface area contributed by atoms with E-state index in [4.69, 9.17) is 14.5 Å². The Kier molecular flexibility index (Phi) is 6.01. The summed E-state index contributed by atoms with van der Waals surface area (Å²) < 4.78 is 11.4. The smallest absolute Gasteiger partial charge is 0.187 e. The standard InChI is InChI=1S/C25H39NO2/c1-5-8-20(27-4)11-12-25(3)15-23(25)22-14-18(22)9-6-7-10-19-16-28-24(26-19)21-13-17(21)2/h5,7,10,17-23H,1,6,8-9,11-16H2,2-4H3/b10-7-/t17?,18-,19-,20+,21?,22+,23+,25-/m1/s1. The van der Waals surface area contributed by atoms with Gasteiger partial charge in [0, 0.05) is 13.0 Å². The molecule has 0 radical (unpaired) electrons. The second kappa shape index (κ2) is 8.34. The largest absolute Gasteiger partial charge is 0.478 e. The van der Waals surface area contributed by atoms with Crippen molar-refractivity contribution in [3.63, 3.8) is 0 Å². The molecule has 0 spiro atoms. The van der Waals surface area contributed by atoms with Gasteiger partial charge in [0.05, 0.1) is 6.10 Å². The molecule has 3 nitrogen and oxygen atoms in total. The van der Waals surface area contributed by atoms with Gasteiger partial charge in [0.25, 0.3) is 0 Å². The molecule has 0 aromatic carbocycles. The van der Waals surface area contributed by atoms with E-state index in [0.29, 0.717) is 17.4 Å². The number of nitrogens with zero attached hydrogens (tertiary/aromatic N) is 1. The van der Waals surface area contributed by atoms with Crippen LogP contribution in [-0.4, -0.2) is 31.8 Å². The minimum atomic E-state index is 0.272. The zero-order valence-corrected chi connectivity index (χ0v) is 18.1. The molecule has 1 heterocycles. The molecule has 3 heteroatoms. The molecule has 8 atom stereocenters. The highest BCUT2D eigenvalue weighted by Crippen LogP contribution is 2.67. The Morgan fingerprint density at radius 2 is 2.21 bits per heavy atom. The van der Waals surface area contributed by atoms with E-state index < -0.39 is 0 Å². The summed E-state index contributed by atoms with van der Waals surface area (Å²) in [5.41, 5.74) is 0.583. The van der Waals surface area contributed by atoms with Crippen LogP contribution in [0.4, 0.5) is 0 Å². The van der Waals surface area contributed by atoms with E-state index in [1.165, 1.54) is 44.9 Å². The van der Waals surface area contributed by atoms with Crippen molar-refractivity contribution < 1.29 is 9.47 Å². The molecule has 4 aliphatic rings. The Bertz CT molecular complexity index is 626. The van der Waals surface area contributed by atoms with Crippen molar-refractivity contribution in [2.75, 3.05) is 13.7 Å². The van der Waals surface area contributed by atoms with Crippen molar-refractivity contribution in [2.24, 2.45) is 40.0 Å². The molecule has 28 heavy (non-hydrogen) atoms. The Morgan fingerprint density at radius 3 is 2.93 bits per heavy atom. The second-order valence-electron chi connectivity index (χ2n) is 10.2. The zero-order valence-electron chi connectivity index (χ0n) is 18.1. The van der Waals surface area contributed by atoms with Gasteiger partial charge in [-0.15, -0.1) is 6.58 Å². The predicted octanol–water partition coefficient (Wildman–Crippen LogP) is 5.81. The highest BCUT2D eigenvalue weighted by Gasteiger charge is 2.59. The molecule has 1 aliphatic heterocycles. The van der Waals surface area contributed by atoms with Crippen molar-refractivity contribution in [3.05, 3.63) is 24.8 Å². The molecular formula is C25H39NO2. The lowest BCUT2D eigenvalue weighted by Gasteiger charge is -2.17. The number of methoxy groups -OCH3 is 1. The molecule has 3 aliphatic carbocycles. The van der Waals surface area contributed by atoms with Crippen LogP contribution in [0.2, 0.25) is 0 Å². The second-order valence-corrected chi connectivity index (χ2v) is 10.2. The zero-order chi connectivity index (χ0) is 19.7. The van der Waals surface area contributed by atoms with Crippen molar-refractivity contribution in [2.45, 2.75) is 77.4 Å². The van der Waals surface area contributed by atoms with E-state index in [1.807, 2.05) is 13.2 Å². The van der Waals surface area contributed by atoms with Crippen LogP contribution < -0.4 is 0 Å². The molecule has 0 aromatic heterocycles. The van der Waals surface area contributed by atoms with Crippen molar-refractivity contribution in [3.8, 4) is 0 Å². The molecular weight excluding hydrogens is 346 g/mol.